The minimum Gasteiger partial charge on any atom is -0.461 e. The molecule has 0 aliphatic carbocycles. The van der Waals surface area contributed by atoms with Crippen molar-refractivity contribution in [3.05, 3.63) is 21.7 Å². The molecule has 24 heavy (non-hydrogen) atoms. The predicted molar refractivity (Wildman–Crippen MR) is 102 cm³/mol. The van der Waals surface area contributed by atoms with Crippen molar-refractivity contribution in [3.63, 3.8) is 0 Å². The number of nitrogens with zero attached hydrogens (tertiary/aromatic N) is 2. The number of nitrogen functional groups attached to an aromatic ring is 1. The Morgan fingerprint density at radius 3 is 2.50 bits per heavy atom. The number of carbonyl (C=O) groups is 1. The van der Waals surface area contributed by atoms with E-state index in [0.717, 1.165) is 28.8 Å². The quantitative estimate of drug-likeness (QED) is 0.487. The van der Waals surface area contributed by atoms with Gasteiger partial charge in [0.05, 0.1) is 23.5 Å². The van der Waals surface area contributed by atoms with Crippen molar-refractivity contribution >= 4 is 33.3 Å². The van der Waals surface area contributed by atoms with Gasteiger partial charge < -0.3 is 25.4 Å². The number of likely N-dealkylation sites (N-methyl/N-ethyl adjacent to an activating group) is 1. The highest BCUT2D eigenvalue weighted by Gasteiger charge is 2.20. The average Bonchev–Trinajstić information content (AvgIpc) is 2.55. The largest absolute Gasteiger partial charge is 0.461 e. The third kappa shape index (κ3) is 5.09. The summed E-state index contributed by atoms with van der Waals surface area (Å²) in [5, 5.41) is 8.87. The smallest absolute Gasteiger partial charge is 0.338 e. The molecule has 0 unspecified atom stereocenters. The zero-order valence-electron chi connectivity index (χ0n) is 14.9. The van der Waals surface area contributed by atoms with E-state index in [1.807, 2.05) is 38.8 Å². The molecular weight excluding hydrogens is 374 g/mol. The number of benzene rings is 1. The highest BCUT2D eigenvalue weighted by molar-refractivity contribution is 9.10. The molecule has 136 valence electrons. The predicted octanol–water partition coefficient (Wildman–Crippen LogP) is 2.27. The topological polar surface area (TPSA) is 79.0 Å². The first kappa shape index (κ1) is 20.7. The molecule has 0 amide bonds. The zero-order chi connectivity index (χ0) is 18.3. The molecule has 3 N–H and O–H groups in total. The number of esters is 1. The van der Waals surface area contributed by atoms with E-state index in [-0.39, 0.29) is 19.2 Å². The standard InChI is InChI=1S/C17H28BrN3O3/c1-5-21(6-2)14-11-13(12(3)15(18)16(14)19)17(23)24-10-8-20(4)7-9-22/h11,22H,5-10,19H2,1-4H3. The van der Waals surface area contributed by atoms with Crippen LogP contribution in [0.5, 0.6) is 0 Å². The lowest BCUT2D eigenvalue weighted by Gasteiger charge is -2.25. The molecule has 1 aromatic carbocycles. The monoisotopic (exact) mass is 401 g/mol. The SMILES string of the molecule is CCN(CC)c1cc(C(=O)OCCN(C)CCO)c(C)c(Br)c1N. The number of carbonyl (C=O) groups excluding carboxylic acids is 1. The Morgan fingerprint density at radius 1 is 1.33 bits per heavy atom. The number of hydrogen-bond donors (Lipinski definition) is 2. The Labute approximate surface area is 152 Å². The van der Waals surface area contributed by atoms with Crippen molar-refractivity contribution < 1.29 is 14.6 Å². The van der Waals surface area contributed by atoms with Crippen molar-refractivity contribution in [1.29, 1.82) is 0 Å². The summed E-state index contributed by atoms with van der Waals surface area (Å²) in [5.41, 5.74) is 8.97. The maximum absolute atomic E-state index is 12.4. The lowest BCUT2D eigenvalue weighted by molar-refractivity contribution is 0.0467. The van der Waals surface area contributed by atoms with Gasteiger partial charge in [0.2, 0.25) is 0 Å². The molecule has 6 nitrogen and oxygen atoms in total. The molecule has 0 bridgehead atoms. The molecule has 1 rings (SSSR count). The Balaban J connectivity index is 2.95. The van der Waals surface area contributed by atoms with Gasteiger partial charge in [-0.2, -0.15) is 0 Å². The molecule has 0 saturated heterocycles. The van der Waals surface area contributed by atoms with Crippen LogP contribution in [0.25, 0.3) is 0 Å². The van der Waals surface area contributed by atoms with Crippen LogP contribution in [0.3, 0.4) is 0 Å². The molecule has 7 heteroatoms. The van der Waals surface area contributed by atoms with Crippen LogP contribution in [0, 0.1) is 6.92 Å². The summed E-state index contributed by atoms with van der Waals surface area (Å²) in [7, 11) is 1.87. The maximum Gasteiger partial charge on any atom is 0.338 e. The minimum absolute atomic E-state index is 0.0850. The summed E-state index contributed by atoms with van der Waals surface area (Å²) >= 11 is 3.49. The first-order valence-electron chi connectivity index (χ1n) is 8.17. The summed E-state index contributed by atoms with van der Waals surface area (Å²) in [6, 6.07) is 1.81. The number of nitrogens with two attached hydrogens (primary N) is 1. The van der Waals surface area contributed by atoms with E-state index in [4.69, 9.17) is 15.6 Å². The van der Waals surface area contributed by atoms with Crippen LogP contribution in [0.2, 0.25) is 0 Å². The molecule has 0 radical (unpaired) electrons. The molecular formula is C17H28BrN3O3. The first-order valence-corrected chi connectivity index (χ1v) is 8.96. The summed E-state index contributed by atoms with van der Waals surface area (Å²) in [4.78, 5) is 16.5. The molecule has 0 aromatic heterocycles. The van der Waals surface area contributed by atoms with E-state index in [0.29, 0.717) is 24.3 Å². The molecule has 0 heterocycles. The third-order valence-corrected chi connectivity index (χ3v) is 5.06. The van der Waals surface area contributed by atoms with Crippen molar-refractivity contribution in [1.82, 2.24) is 4.90 Å². The number of aliphatic hydroxyl groups is 1. The first-order chi connectivity index (χ1) is 11.4. The number of rotatable bonds is 9. The van der Waals surface area contributed by atoms with Gasteiger partial charge in [0, 0.05) is 30.7 Å². The second-order valence-corrected chi connectivity index (χ2v) is 6.42. The normalized spacial score (nSPS) is 11.0. The van der Waals surface area contributed by atoms with Gasteiger partial charge in [-0.05, 0) is 55.4 Å². The number of anilines is 2. The highest BCUT2D eigenvalue weighted by Crippen LogP contribution is 2.36. The van der Waals surface area contributed by atoms with Crippen LogP contribution in [-0.2, 0) is 4.74 Å². The summed E-state index contributed by atoms with van der Waals surface area (Å²) < 4.78 is 6.11. The van der Waals surface area contributed by atoms with Crippen LogP contribution in [-0.4, -0.2) is 62.4 Å². The third-order valence-electron chi connectivity index (χ3n) is 4.04. The van der Waals surface area contributed by atoms with Crippen LogP contribution >= 0.6 is 15.9 Å². The van der Waals surface area contributed by atoms with Gasteiger partial charge in [0.25, 0.3) is 0 Å². The van der Waals surface area contributed by atoms with Gasteiger partial charge in [0.15, 0.2) is 0 Å². The Bertz CT molecular complexity index is 563. The maximum atomic E-state index is 12.4. The molecule has 0 atom stereocenters. The van der Waals surface area contributed by atoms with Gasteiger partial charge >= 0.3 is 5.97 Å². The minimum atomic E-state index is -0.362. The number of halogens is 1. The van der Waals surface area contributed by atoms with Crippen molar-refractivity contribution in [2.75, 3.05) is 57.1 Å². The fourth-order valence-electron chi connectivity index (χ4n) is 2.45. The van der Waals surface area contributed by atoms with Crippen LogP contribution in [0.15, 0.2) is 10.5 Å². The summed E-state index contributed by atoms with van der Waals surface area (Å²) in [6.07, 6.45) is 0. The molecule has 1 aromatic rings. The van der Waals surface area contributed by atoms with Gasteiger partial charge in [-0.3, -0.25) is 0 Å². The van der Waals surface area contributed by atoms with E-state index in [9.17, 15) is 4.79 Å². The second-order valence-electron chi connectivity index (χ2n) is 5.63. The molecule has 0 spiro atoms. The van der Waals surface area contributed by atoms with Gasteiger partial charge in [0.1, 0.15) is 6.61 Å². The van der Waals surface area contributed by atoms with E-state index < -0.39 is 0 Å². The van der Waals surface area contributed by atoms with Gasteiger partial charge in [-0.15, -0.1) is 0 Å². The molecule has 0 fully saturated rings. The van der Waals surface area contributed by atoms with Crippen molar-refractivity contribution in [2.24, 2.45) is 0 Å². The molecule has 0 aliphatic rings. The zero-order valence-corrected chi connectivity index (χ0v) is 16.5. The van der Waals surface area contributed by atoms with Crippen molar-refractivity contribution in [2.45, 2.75) is 20.8 Å². The van der Waals surface area contributed by atoms with Crippen LogP contribution < -0.4 is 10.6 Å². The fourth-order valence-corrected chi connectivity index (χ4v) is 2.86. The number of ether oxygens (including phenoxy) is 1. The van der Waals surface area contributed by atoms with Gasteiger partial charge in [-0.25, -0.2) is 4.79 Å². The number of hydrogen-bond acceptors (Lipinski definition) is 6. The second kappa shape index (κ2) is 9.86. The van der Waals surface area contributed by atoms with E-state index in [1.165, 1.54) is 0 Å². The molecule has 0 saturated carbocycles. The average molecular weight is 402 g/mol. The van der Waals surface area contributed by atoms with Crippen LogP contribution in [0.1, 0.15) is 29.8 Å². The van der Waals surface area contributed by atoms with E-state index >= 15 is 0 Å². The number of aliphatic hydroxyl groups excluding tert-OH is 1. The Hall–Kier alpha value is -1.31. The van der Waals surface area contributed by atoms with Crippen LogP contribution in [0.4, 0.5) is 11.4 Å². The Morgan fingerprint density at radius 2 is 1.96 bits per heavy atom. The molecule has 0 aliphatic heterocycles. The Kier molecular flexibility index (Phi) is 8.52. The summed E-state index contributed by atoms with van der Waals surface area (Å²) in [5.74, 6) is -0.362. The lowest BCUT2D eigenvalue weighted by Crippen LogP contribution is -2.27. The van der Waals surface area contributed by atoms with Gasteiger partial charge in [-0.1, -0.05) is 0 Å². The summed E-state index contributed by atoms with van der Waals surface area (Å²) in [6.45, 7) is 9.03. The van der Waals surface area contributed by atoms with E-state index in [1.54, 1.807) is 0 Å². The fraction of sp³-hybridized carbons (Fsp3) is 0.588. The lowest BCUT2D eigenvalue weighted by atomic mass is 10.1. The highest BCUT2D eigenvalue weighted by atomic mass is 79.9. The van der Waals surface area contributed by atoms with Crippen molar-refractivity contribution in [3.8, 4) is 0 Å². The van der Waals surface area contributed by atoms with E-state index in [2.05, 4.69) is 20.8 Å².